The van der Waals surface area contributed by atoms with Gasteiger partial charge in [0.1, 0.15) is 6.10 Å². The van der Waals surface area contributed by atoms with E-state index in [1.165, 1.54) is 0 Å². The second-order valence-corrected chi connectivity index (χ2v) is 5.17. The van der Waals surface area contributed by atoms with Gasteiger partial charge in [0, 0.05) is 6.07 Å². The molecule has 3 rings (SSSR count). The minimum Gasteiger partial charge on any atom is -0.363 e. The van der Waals surface area contributed by atoms with E-state index in [1.54, 1.807) is 10.6 Å². The highest BCUT2D eigenvalue weighted by Gasteiger charge is 2.30. The number of amides is 1. The number of nitrogens with two attached hydrogens (primary N) is 1. The second kappa shape index (κ2) is 5.67. The molecule has 1 aromatic heterocycles. The molecule has 0 spiro atoms. The van der Waals surface area contributed by atoms with Crippen molar-refractivity contribution in [3.05, 3.63) is 46.8 Å². The molecule has 6 heteroatoms. The zero-order chi connectivity index (χ0) is 14.8. The van der Waals surface area contributed by atoms with Gasteiger partial charge in [-0.1, -0.05) is 18.2 Å². The standard InChI is InChI=1S/C15H17N3O3/c16-17-15(20)13-7-6-11(21-13)9-18-12-4-2-1-3-10(12)5-8-14(18)19/h1-5,8,11,13H,6-7,9,16H2,(H,17,20). The Kier molecular flexibility index (Phi) is 3.72. The molecule has 2 aromatic rings. The minimum absolute atomic E-state index is 0.0657. The van der Waals surface area contributed by atoms with Crippen LogP contribution in [-0.4, -0.2) is 22.7 Å². The van der Waals surface area contributed by atoms with Crippen LogP contribution in [0.4, 0.5) is 0 Å². The van der Waals surface area contributed by atoms with E-state index in [0.29, 0.717) is 13.0 Å². The summed E-state index contributed by atoms with van der Waals surface area (Å²) >= 11 is 0. The summed E-state index contributed by atoms with van der Waals surface area (Å²) in [6.45, 7) is 0.439. The van der Waals surface area contributed by atoms with Crippen molar-refractivity contribution in [2.24, 2.45) is 5.84 Å². The van der Waals surface area contributed by atoms with E-state index in [9.17, 15) is 9.59 Å². The van der Waals surface area contributed by atoms with E-state index in [4.69, 9.17) is 10.6 Å². The van der Waals surface area contributed by atoms with Crippen molar-refractivity contribution < 1.29 is 9.53 Å². The van der Waals surface area contributed by atoms with Crippen molar-refractivity contribution in [3.63, 3.8) is 0 Å². The first-order valence-corrected chi connectivity index (χ1v) is 6.93. The van der Waals surface area contributed by atoms with Gasteiger partial charge in [-0.25, -0.2) is 5.84 Å². The molecule has 2 atom stereocenters. The highest BCUT2D eigenvalue weighted by molar-refractivity contribution is 5.80. The highest BCUT2D eigenvalue weighted by Crippen LogP contribution is 2.22. The van der Waals surface area contributed by atoms with Crippen LogP contribution in [0.3, 0.4) is 0 Å². The predicted molar refractivity (Wildman–Crippen MR) is 78.4 cm³/mol. The van der Waals surface area contributed by atoms with Crippen molar-refractivity contribution >= 4 is 16.8 Å². The van der Waals surface area contributed by atoms with E-state index in [1.807, 2.05) is 30.3 Å². The Morgan fingerprint density at radius 1 is 1.29 bits per heavy atom. The van der Waals surface area contributed by atoms with Crippen LogP contribution in [0.2, 0.25) is 0 Å². The number of fused-ring (bicyclic) bond motifs is 1. The number of hydrazine groups is 1. The van der Waals surface area contributed by atoms with Crippen LogP contribution in [0.25, 0.3) is 10.9 Å². The van der Waals surface area contributed by atoms with Crippen LogP contribution < -0.4 is 16.8 Å². The summed E-state index contributed by atoms with van der Waals surface area (Å²) in [6, 6.07) is 11.1. The summed E-state index contributed by atoms with van der Waals surface area (Å²) in [4.78, 5) is 23.6. The van der Waals surface area contributed by atoms with Crippen LogP contribution in [0, 0.1) is 0 Å². The van der Waals surface area contributed by atoms with E-state index in [2.05, 4.69) is 5.43 Å². The summed E-state index contributed by atoms with van der Waals surface area (Å²) in [5.74, 6) is 4.80. The third kappa shape index (κ3) is 2.68. The molecule has 21 heavy (non-hydrogen) atoms. The molecule has 1 aromatic carbocycles. The Bertz CT molecular complexity index is 725. The van der Waals surface area contributed by atoms with Crippen molar-refractivity contribution in [2.45, 2.75) is 31.6 Å². The van der Waals surface area contributed by atoms with Crippen LogP contribution in [0.5, 0.6) is 0 Å². The normalized spacial score (nSPS) is 21.6. The Balaban J connectivity index is 1.84. The molecular weight excluding hydrogens is 270 g/mol. The number of benzene rings is 1. The molecule has 0 bridgehead atoms. The number of nitrogens with one attached hydrogen (secondary N) is 1. The second-order valence-electron chi connectivity index (χ2n) is 5.17. The van der Waals surface area contributed by atoms with Gasteiger partial charge in [0.05, 0.1) is 18.2 Å². The maximum atomic E-state index is 12.1. The zero-order valence-electron chi connectivity index (χ0n) is 11.5. The molecule has 1 amide bonds. The van der Waals surface area contributed by atoms with Gasteiger partial charge in [-0.15, -0.1) is 0 Å². The number of para-hydroxylation sites is 1. The Morgan fingerprint density at radius 3 is 2.90 bits per heavy atom. The van der Waals surface area contributed by atoms with E-state index >= 15 is 0 Å². The molecule has 0 radical (unpaired) electrons. The number of pyridine rings is 1. The summed E-state index contributed by atoms with van der Waals surface area (Å²) in [5, 5.41) is 1.01. The average Bonchev–Trinajstić information content (AvgIpc) is 2.98. The van der Waals surface area contributed by atoms with E-state index < -0.39 is 6.10 Å². The summed E-state index contributed by atoms with van der Waals surface area (Å²) < 4.78 is 7.37. The van der Waals surface area contributed by atoms with Gasteiger partial charge in [0.2, 0.25) is 0 Å². The predicted octanol–water partition coefficient (Wildman–Crippen LogP) is 0.539. The van der Waals surface area contributed by atoms with E-state index in [-0.39, 0.29) is 17.6 Å². The molecule has 0 aliphatic carbocycles. The lowest BCUT2D eigenvalue weighted by atomic mass is 10.1. The average molecular weight is 287 g/mol. The lowest BCUT2D eigenvalue weighted by molar-refractivity contribution is -0.132. The molecule has 0 saturated carbocycles. The van der Waals surface area contributed by atoms with Crippen molar-refractivity contribution in [1.29, 1.82) is 0 Å². The number of rotatable bonds is 3. The topological polar surface area (TPSA) is 86.4 Å². The quantitative estimate of drug-likeness (QED) is 0.490. The SMILES string of the molecule is NNC(=O)C1CCC(Cn2c(=O)ccc3ccccc32)O1. The summed E-state index contributed by atoms with van der Waals surface area (Å²) in [6.07, 6.45) is 0.669. The number of carbonyl (C=O) groups excluding carboxylic acids is 1. The third-order valence-corrected chi connectivity index (χ3v) is 3.83. The molecule has 110 valence electrons. The molecule has 6 nitrogen and oxygen atoms in total. The van der Waals surface area contributed by atoms with E-state index in [0.717, 1.165) is 17.3 Å². The smallest absolute Gasteiger partial charge is 0.263 e. The number of nitrogens with zero attached hydrogens (tertiary/aromatic N) is 1. The molecule has 2 heterocycles. The van der Waals surface area contributed by atoms with Gasteiger partial charge in [-0.2, -0.15) is 0 Å². The molecular formula is C15H17N3O3. The summed E-state index contributed by atoms with van der Waals surface area (Å²) in [7, 11) is 0. The Labute approximate surface area is 121 Å². The fourth-order valence-corrected chi connectivity index (χ4v) is 2.76. The lowest BCUT2D eigenvalue weighted by Gasteiger charge is -2.16. The number of carbonyl (C=O) groups is 1. The van der Waals surface area contributed by atoms with Gasteiger partial charge in [-0.05, 0) is 30.4 Å². The maximum Gasteiger partial charge on any atom is 0.263 e. The summed E-state index contributed by atoms with van der Waals surface area (Å²) in [5.41, 5.74) is 2.91. The van der Waals surface area contributed by atoms with Gasteiger partial charge in [-0.3, -0.25) is 15.0 Å². The Hall–Kier alpha value is -2.18. The van der Waals surface area contributed by atoms with Crippen molar-refractivity contribution in [1.82, 2.24) is 9.99 Å². The zero-order valence-corrected chi connectivity index (χ0v) is 11.5. The first-order chi connectivity index (χ1) is 10.2. The molecule has 1 fully saturated rings. The molecule has 2 unspecified atom stereocenters. The molecule has 1 aliphatic rings. The highest BCUT2D eigenvalue weighted by atomic mass is 16.5. The molecule has 1 aliphatic heterocycles. The largest absolute Gasteiger partial charge is 0.363 e. The number of aromatic nitrogens is 1. The Morgan fingerprint density at radius 2 is 2.10 bits per heavy atom. The fraction of sp³-hybridized carbons (Fsp3) is 0.333. The van der Waals surface area contributed by atoms with Crippen LogP contribution >= 0.6 is 0 Å². The number of hydrogen-bond donors (Lipinski definition) is 2. The van der Waals surface area contributed by atoms with Gasteiger partial charge >= 0.3 is 0 Å². The van der Waals surface area contributed by atoms with Gasteiger partial charge < -0.3 is 9.30 Å². The van der Waals surface area contributed by atoms with Crippen LogP contribution in [0.15, 0.2) is 41.2 Å². The fourth-order valence-electron chi connectivity index (χ4n) is 2.76. The van der Waals surface area contributed by atoms with Crippen LogP contribution in [0.1, 0.15) is 12.8 Å². The lowest BCUT2D eigenvalue weighted by Crippen LogP contribution is -2.39. The third-order valence-electron chi connectivity index (χ3n) is 3.83. The minimum atomic E-state index is -0.523. The van der Waals surface area contributed by atoms with Crippen LogP contribution in [-0.2, 0) is 16.1 Å². The number of hydrogen-bond acceptors (Lipinski definition) is 4. The first kappa shape index (κ1) is 13.8. The monoisotopic (exact) mass is 287 g/mol. The molecule has 1 saturated heterocycles. The van der Waals surface area contributed by atoms with Gasteiger partial charge in [0.25, 0.3) is 11.5 Å². The van der Waals surface area contributed by atoms with Crippen molar-refractivity contribution in [3.8, 4) is 0 Å². The van der Waals surface area contributed by atoms with Crippen molar-refractivity contribution in [2.75, 3.05) is 0 Å². The maximum absolute atomic E-state index is 12.1. The van der Waals surface area contributed by atoms with Gasteiger partial charge in [0.15, 0.2) is 0 Å². The molecule has 3 N–H and O–H groups in total. The number of ether oxygens (including phenoxy) is 1. The first-order valence-electron chi connectivity index (χ1n) is 6.93.